The summed E-state index contributed by atoms with van der Waals surface area (Å²) in [5.74, 6) is 0.567. The Morgan fingerprint density at radius 3 is 1.82 bits per heavy atom. The van der Waals surface area contributed by atoms with Crippen LogP contribution < -0.4 is 0 Å². The molecule has 17 heavy (non-hydrogen) atoms. The van der Waals surface area contributed by atoms with Crippen molar-refractivity contribution in [2.75, 3.05) is 20.1 Å². The molecule has 0 bridgehead atoms. The number of likely N-dealkylation sites (tertiary alicyclic amines) is 1. The molecule has 2 rings (SSSR count). The summed E-state index contributed by atoms with van der Waals surface area (Å²) in [6.45, 7) is 10.8. The van der Waals surface area contributed by atoms with Crippen LogP contribution in [0.15, 0.2) is 0 Å². The third kappa shape index (κ3) is 2.98. The van der Waals surface area contributed by atoms with Gasteiger partial charge in [0.05, 0.1) is 11.2 Å². The molecule has 3 nitrogen and oxygen atoms in total. The third-order valence-electron chi connectivity index (χ3n) is 4.42. The average Bonchev–Trinajstić information content (AvgIpc) is 2.37. The summed E-state index contributed by atoms with van der Waals surface area (Å²) in [5, 5.41) is 0. The number of nitrogens with zero attached hydrogens (tertiary/aromatic N) is 1. The largest absolute Gasteiger partial charge is 0.461 e. The zero-order chi connectivity index (χ0) is 12.0. The zero-order valence-electron chi connectivity index (χ0n) is 11.7. The van der Waals surface area contributed by atoms with Crippen molar-refractivity contribution in [3.8, 4) is 0 Å². The monoisotopic (exact) mass is 261 g/mol. The Morgan fingerprint density at radius 2 is 1.41 bits per heavy atom. The lowest BCUT2D eigenvalue weighted by Gasteiger charge is -2.32. The Hall–Kier alpha value is 0.235. The summed E-state index contributed by atoms with van der Waals surface area (Å²) < 4.78 is 12.2. The highest BCUT2D eigenvalue weighted by molar-refractivity contribution is 6.47. The first-order chi connectivity index (χ1) is 7.32. The number of piperidine rings is 1. The van der Waals surface area contributed by atoms with Crippen molar-refractivity contribution in [3.05, 3.63) is 0 Å². The first-order valence-corrected chi connectivity index (χ1v) is 6.36. The molecule has 2 fully saturated rings. The highest BCUT2D eigenvalue weighted by atomic mass is 35.5. The molecule has 0 spiro atoms. The lowest BCUT2D eigenvalue weighted by molar-refractivity contribution is 0.00578. The Bertz CT molecular complexity index is 249. The topological polar surface area (TPSA) is 21.7 Å². The molecule has 2 saturated heterocycles. The molecule has 2 aliphatic heterocycles. The molecule has 100 valence electrons. The van der Waals surface area contributed by atoms with Crippen LogP contribution >= 0.6 is 12.4 Å². The summed E-state index contributed by atoms with van der Waals surface area (Å²) in [7, 11) is 2.18. The Labute approximate surface area is 112 Å². The first kappa shape index (κ1) is 15.3. The summed E-state index contributed by atoms with van der Waals surface area (Å²) in [6.07, 6.45) is 2.38. The van der Waals surface area contributed by atoms with E-state index in [0.717, 1.165) is 13.1 Å². The van der Waals surface area contributed by atoms with E-state index in [1.54, 1.807) is 0 Å². The normalized spacial score (nSPS) is 29.1. The number of halogens is 1. The van der Waals surface area contributed by atoms with E-state index < -0.39 is 0 Å². The summed E-state index contributed by atoms with van der Waals surface area (Å²) >= 11 is 0. The van der Waals surface area contributed by atoms with Gasteiger partial charge in [0.2, 0.25) is 0 Å². The Kier molecular flexibility index (Phi) is 4.57. The van der Waals surface area contributed by atoms with Gasteiger partial charge in [-0.3, -0.25) is 0 Å². The van der Waals surface area contributed by atoms with Crippen LogP contribution in [-0.4, -0.2) is 43.4 Å². The fourth-order valence-corrected chi connectivity index (χ4v) is 2.38. The summed E-state index contributed by atoms with van der Waals surface area (Å²) in [5.41, 5.74) is -0.359. The average molecular weight is 262 g/mol. The van der Waals surface area contributed by atoms with E-state index in [-0.39, 0.29) is 30.7 Å². The third-order valence-corrected chi connectivity index (χ3v) is 4.42. The van der Waals surface area contributed by atoms with E-state index in [2.05, 4.69) is 39.6 Å². The maximum absolute atomic E-state index is 6.10. The van der Waals surface area contributed by atoms with Crippen LogP contribution in [0, 0.1) is 0 Å². The molecule has 0 atom stereocenters. The fraction of sp³-hybridized carbons (Fsp3) is 1.00. The summed E-state index contributed by atoms with van der Waals surface area (Å²) in [4.78, 5) is 2.38. The molecule has 2 heterocycles. The van der Waals surface area contributed by atoms with Crippen LogP contribution in [-0.2, 0) is 9.31 Å². The molecular weight excluding hydrogens is 236 g/mol. The lowest BCUT2D eigenvalue weighted by Crippen LogP contribution is -2.41. The Morgan fingerprint density at radius 1 is 1.00 bits per heavy atom. The minimum absolute atomic E-state index is 0. The molecule has 0 aromatic rings. The van der Waals surface area contributed by atoms with E-state index in [1.165, 1.54) is 12.8 Å². The van der Waals surface area contributed by atoms with Gasteiger partial charge in [-0.1, -0.05) is 0 Å². The summed E-state index contributed by atoms with van der Waals surface area (Å²) in [6, 6.07) is 0. The molecule has 0 amide bonds. The highest BCUT2D eigenvalue weighted by Gasteiger charge is 2.53. The van der Waals surface area contributed by atoms with Gasteiger partial charge in [-0.05, 0) is 66.5 Å². The fourth-order valence-electron chi connectivity index (χ4n) is 2.38. The van der Waals surface area contributed by atoms with E-state index >= 15 is 0 Å². The van der Waals surface area contributed by atoms with E-state index in [0.29, 0.717) is 5.82 Å². The van der Waals surface area contributed by atoms with Crippen molar-refractivity contribution < 1.29 is 9.31 Å². The highest BCUT2D eigenvalue weighted by Crippen LogP contribution is 2.42. The maximum atomic E-state index is 6.10. The van der Waals surface area contributed by atoms with Crippen LogP contribution in [0.2, 0.25) is 5.82 Å². The van der Waals surface area contributed by atoms with Crippen molar-refractivity contribution in [3.63, 3.8) is 0 Å². The molecule has 0 saturated carbocycles. The van der Waals surface area contributed by atoms with E-state index in [1.807, 2.05) is 0 Å². The van der Waals surface area contributed by atoms with E-state index in [4.69, 9.17) is 9.31 Å². The minimum Gasteiger partial charge on any atom is -0.403 e. The van der Waals surface area contributed by atoms with Gasteiger partial charge in [0.15, 0.2) is 0 Å². The van der Waals surface area contributed by atoms with Gasteiger partial charge in [0.1, 0.15) is 0 Å². The second-order valence-electron chi connectivity index (χ2n) is 6.27. The predicted molar refractivity (Wildman–Crippen MR) is 73.8 cm³/mol. The molecule has 5 heteroatoms. The van der Waals surface area contributed by atoms with Gasteiger partial charge in [0, 0.05) is 0 Å². The zero-order valence-corrected chi connectivity index (χ0v) is 12.5. The van der Waals surface area contributed by atoms with Gasteiger partial charge in [0.25, 0.3) is 0 Å². The van der Waals surface area contributed by atoms with Gasteiger partial charge in [-0.15, -0.1) is 12.4 Å². The predicted octanol–water partition coefficient (Wildman–Crippen LogP) is 2.60. The quantitative estimate of drug-likeness (QED) is 0.677. The van der Waals surface area contributed by atoms with Crippen LogP contribution in [0.3, 0.4) is 0 Å². The number of rotatable bonds is 1. The molecule has 0 radical (unpaired) electrons. The van der Waals surface area contributed by atoms with Crippen molar-refractivity contribution in [1.82, 2.24) is 4.90 Å². The second-order valence-corrected chi connectivity index (χ2v) is 6.27. The second kappa shape index (κ2) is 5.08. The van der Waals surface area contributed by atoms with Crippen molar-refractivity contribution >= 4 is 19.5 Å². The number of hydrogen-bond acceptors (Lipinski definition) is 3. The molecule has 0 aromatic heterocycles. The van der Waals surface area contributed by atoms with Gasteiger partial charge < -0.3 is 14.2 Å². The van der Waals surface area contributed by atoms with E-state index in [9.17, 15) is 0 Å². The molecule has 2 aliphatic rings. The van der Waals surface area contributed by atoms with Crippen LogP contribution in [0.4, 0.5) is 0 Å². The van der Waals surface area contributed by atoms with Crippen molar-refractivity contribution in [2.45, 2.75) is 57.6 Å². The van der Waals surface area contributed by atoms with Crippen LogP contribution in [0.1, 0.15) is 40.5 Å². The van der Waals surface area contributed by atoms with Gasteiger partial charge >= 0.3 is 7.12 Å². The molecule has 0 aromatic carbocycles. The SMILES string of the molecule is CN1CCC(B2OC(C)(C)C(C)(C)O2)CC1.Cl. The Balaban J connectivity index is 0.00000144. The molecular formula is C12H25BClNO2. The molecule has 0 N–H and O–H groups in total. The van der Waals surface area contributed by atoms with Gasteiger partial charge in [-0.2, -0.15) is 0 Å². The number of hydrogen-bond donors (Lipinski definition) is 0. The van der Waals surface area contributed by atoms with Crippen LogP contribution in [0.25, 0.3) is 0 Å². The minimum atomic E-state index is -0.180. The van der Waals surface area contributed by atoms with Gasteiger partial charge in [-0.25, -0.2) is 0 Å². The molecule has 0 unspecified atom stereocenters. The molecule has 0 aliphatic carbocycles. The standard InChI is InChI=1S/C12H24BNO2.ClH/c1-11(2)12(3,4)16-13(15-11)10-6-8-14(5)9-7-10;/h10H,6-9H2,1-5H3;1H. The van der Waals surface area contributed by atoms with Crippen molar-refractivity contribution in [1.29, 1.82) is 0 Å². The smallest absolute Gasteiger partial charge is 0.403 e. The first-order valence-electron chi connectivity index (χ1n) is 6.36. The lowest BCUT2D eigenvalue weighted by atomic mass is 9.67. The van der Waals surface area contributed by atoms with Crippen LogP contribution in [0.5, 0.6) is 0 Å². The van der Waals surface area contributed by atoms with Crippen molar-refractivity contribution in [2.24, 2.45) is 0 Å². The maximum Gasteiger partial charge on any atom is 0.461 e.